The van der Waals surface area contributed by atoms with E-state index in [1.807, 2.05) is 72.8 Å². The molecule has 5 heteroatoms. The predicted octanol–water partition coefficient (Wildman–Crippen LogP) is 6.89. The maximum atomic E-state index is 6.59. The molecular weight excluding hydrogens is 480 g/mol. The molecule has 4 aromatic carbocycles. The minimum absolute atomic E-state index is 0.225. The van der Waals surface area contributed by atoms with Crippen LogP contribution in [-0.4, -0.2) is 30.4 Å². The minimum Gasteiger partial charge on any atom is -0.374 e. The predicted molar refractivity (Wildman–Crippen MR) is 147 cm³/mol. The van der Waals surface area contributed by atoms with Crippen LogP contribution in [0, 0.1) is 0 Å². The monoisotopic (exact) mass is 512 g/mol. The molecule has 4 atom stereocenters. The Hall–Kier alpha value is -2.93. The second-order valence-electron chi connectivity index (χ2n) is 9.00. The normalized spacial score (nSPS) is 21.2. The molecule has 0 amide bonds. The summed E-state index contributed by atoms with van der Waals surface area (Å²) < 4.78 is 25.8. The van der Waals surface area contributed by atoms with Crippen molar-refractivity contribution in [1.29, 1.82) is 0 Å². The van der Waals surface area contributed by atoms with Crippen LogP contribution in [-0.2, 0) is 38.8 Å². The van der Waals surface area contributed by atoms with E-state index in [9.17, 15) is 0 Å². The number of benzene rings is 4. The second kappa shape index (κ2) is 13.6. The van der Waals surface area contributed by atoms with E-state index in [-0.39, 0.29) is 23.7 Å². The largest absolute Gasteiger partial charge is 0.374 e. The van der Waals surface area contributed by atoms with Crippen LogP contribution in [0.25, 0.3) is 0 Å². The van der Waals surface area contributed by atoms with Gasteiger partial charge in [-0.15, -0.1) is 0 Å². The van der Waals surface area contributed by atoms with Gasteiger partial charge in [-0.2, -0.15) is 0 Å². The molecule has 1 heterocycles. The average Bonchev–Trinajstić information content (AvgIpc) is 3.28. The number of hydrogen-bond donors (Lipinski definition) is 0. The molecule has 0 radical (unpaired) electrons. The summed E-state index contributed by atoms with van der Waals surface area (Å²) in [6.45, 7) is 1.92. The van der Waals surface area contributed by atoms with Crippen LogP contribution in [0.1, 0.15) is 16.7 Å². The quantitative estimate of drug-likeness (QED) is 0.207. The molecule has 0 aromatic heterocycles. The zero-order valence-corrected chi connectivity index (χ0v) is 21.5. The first-order chi connectivity index (χ1) is 18.3. The lowest BCUT2D eigenvalue weighted by atomic mass is 10.1. The van der Waals surface area contributed by atoms with Crippen LogP contribution < -0.4 is 0 Å². The van der Waals surface area contributed by atoms with E-state index >= 15 is 0 Å². The van der Waals surface area contributed by atoms with Gasteiger partial charge in [0, 0.05) is 4.90 Å². The Kier molecular flexibility index (Phi) is 9.43. The van der Waals surface area contributed by atoms with E-state index in [1.54, 1.807) is 11.8 Å². The Balaban J connectivity index is 1.33. The van der Waals surface area contributed by atoms with Crippen LogP contribution in [0.5, 0.6) is 0 Å². The highest BCUT2D eigenvalue weighted by atomic mass is 32.2. The van der Waals surface area contributed by atoms with Gasteiger partial charge in [0.25, 0.3) is 0 Å². The van der Waals surface area contributed by atoms with Crippen molar-refractivity contribution in [3.05, 3.63) is 138 Å². The van der Waals surface area contributed by atoms with Gasteiger partial charge < -0.3 is 18.9 Å². The fourth-order valence-corrected chi connectivity index (χ4v) is 5.48. The fraction of sp³-hybridized carbons (Fsp3) is 0.250. The summed E-state index contributed by atoms with van der Waals surface area (Å²) in [6.07, 6.45) is -0.797. The van der Waals surface area contributed by atoms with Gasteiger partial charge >= 0.3 is 0 Å². The van der Waals surface area contributed by atoms with Gasteiger partial charge in [0.15, 0.2) is 0 Å². The first-order valence-corrected chi connectivity index (χ1v) is 13.5. The lowest BCUT2D eigenvalue weighted by molar-refractivity contribution is -0.0895. The molecule has 190 valence electrons. The van der Waals surface area contributed by atoms with Crippen molar-refractivity contribution in [2.75, 3.05) is 6.61 Å². The smallest absolute Gasteiger partial charge is 0.137 e. The summed E-state index contributed by atoms with van der Waals surface area (Å²) in [5, 5.41) is 0. The summed E-state index contributed by atoms with van der Waals surface area (Å²) in [5.74, 6) is 0. The molecule has 37 heavy (non-hydrogen) atoms. The van der Waals surface area contributed by atoms with Crippen molar-refractivity contribution in [2.24, 2.45) is 0 Å². The minimum atomic E-state index is -0.277. The summed E-state index contributed by atoms with van der Waals surface area (Å²) in [5.41, 5.74) is 3.15. The van der Waals surface area contributed by atoms with Crippen molar-refractivity contribution in [3.63, 3.8) is 0 Å². The zero-order valence-electron chi connectivity index (χ0n) is 20.7. The van der Waals surface area contributed by atoms with Crippen molar-refractivity contribution in [1.82, 2.24) is 0 Å². The Bertz CT molecular complexity index is 1170. The second-order valence-corrected chi connectivity index (χ2v) is 10.2. The molecular formula is C32H32O4S. The van der Waals surface area contributed by atoms with Crippen molar-refractivity contribution in [2.45, 2.75) is 48.5 Å². The van der Waals surface area contributed by atoms with Gasteiger partial charge in [-0.25, -0.2) is 0 Å². The highest BCUT2D eigenvalue weighted by Gasteiger charge is 2.47. The van der Waals surface area contributed by atoms with Gasteiger partial charge in [-0.3, -0.25) is 0 Å². The third-order valence-electron chi connectivity index (χ3n) is 6.23. The third-order valence-corrected chi connectivity index (χ3v) is 7.38. The Labute approximate surface area is 223 Å². The molecule has 4 nitrogen and oxygen atoms in total. The molecule has 4 aromatic rings. The maximum absolute atomic E-state index is 6.59. The molecule has 1 fully saturated rings. The van der Waals surface area contributed by atoms with E-state index in [0.29, 0.717) is 26.4 Å². The number of hydrogen-bond acceptors (Lipinski definition) is 5. The van der Waals surface area contributed by atoms with Gasteiger partial charge in [0.2, 0.25) is 0 Å². The van der Waals surface area contributed by atoms with Gasteiger partial charge in [0.1, 0.15) is 23.7 Å². The summed E-state index contributed by atoms with van der Waals surface area (Å²) >= 11 is 1.67. The van der Waals surface area contributed by atoms with E-state index in [2.05, 4.69) is 48.5 Å². The Morgan fingerprint density at radius 1 is 0.541 bits per heavy atom. The first kappa shape index (κ1) is 25.7. The number of rotatable bonds is 12. The van der Waals surface area contributed by atoms with E-state index in [4.69, 9.17) is 18.9 Å². The van der Waals surface area contributed by atoms with Crippen molar-refractivity contribution < 1.29 is 18.9 Å². The van der Waals surface area contributed by atoms with Crippen LogP contribution in [0.3, 0.4) is 0 Å². The molecule has 1 aliphatic rings. The standard InChI is InChI=1S/C32H32O4S/c1-5-13-25(14-6-1)21-33-24-29-30(34-22-26-15-7-2-8-16-26)31(35-23-27-17-9-3-10-18-27)32(36-29)37-28-19-11-4-12-20-28/h1-20,29-32H,21-24H2/t29-,30-,31+,32?/m1/s1. The van der Waals surface area contributed by atoms with Crippen molar-refractivity contribution >= 4 is 11.8 Å². The summed E-state index contributed by atoms with van der Waals surface area (Å²) in [6, 6.07) is 41.0. The van der Waals surface area contributed by atoms with Gasteiger partial charge in [-0.1, -0.05) is 121 Å². The molecule has 0 aliphatic carbocycles. The van der Waals surface area contributed by atoms with Gasteiger partial charge in [-0.05, 0) is 28.8 Å². The van der Waals surface area contributed by atoms with Gasteiger partial charge in [0.05, 0.1) is 26.4 Å². The molecule has 0 spiro atoms. The SMILES string of the molecule is c1ccc(COC[C@H]2OC(Sc3ccccc3)[C@@H](OCc3ccccc3)[C@@H]2OCc2ccccc2)cc1. The Morgan fingerprint density at radius 2 is 1.00 bits per heavy atom. The van der Waals surface area contributed by atoms with Crippen LogP contribution >= 0.6 is 11.8 Å². The Morgan fingerprint density at radius 3 is 1.54 bits per heavy atom. The molecule has 1 aliphatic heterocycles. The molecule has 5 rings (SSSR count). The van der Waals surface area contributed by atoms with Crippen molar-refractivity contribution in [3.8, 4) is 0 Å². The van der Waals surface area contributed by atoms with Crippen LogP contribution in [0.2, 0.25) is 0 Å². The van der Waals surface area contributed by atoms with E-state index in [1.165, 1.54) is 0 Å². The lowest BCUT2D eigenvalue weighted by Crippen LogP contribution is -2.38. The lowest BCUT2D eigenvalue weighted by Gasteiger charge is -2.25. The highest BCUT2D eigenvalue weighted by Crippen LogP contribution is 2.38. The molecule has 1 saturated heterocycles. The highest BCUT2D eigenvalue weighted by molar-refractivity contribution is 7.99. The first-order valence-electron chi connectivity index (χ1n) is 12.6. The van der Waals surface area contributed by atoms with E-state index in [0.717, 1.165) is 21.6 Å². The van der Waals surface area contributed by atoms with Crippen LogP contribution in [0.15, 0.2) is 126 Å². The topological polar surface area (TPSA) is 36.9 Å². The van der Waals surface area contributed by atoms with E-state index < -0.39 is 0 Å². The number of ether oxygens (including phenoxy) is 4. The average molecular weight is 513 g/mol. The number of thioether (sulfide) groups is 1. The van der Waals surface area contributed by atoms with Crippen LogP contribution in [0.4, 0.5) is 0 Å². The molecule has 0 N–H and O–H groups in total. The molecule has 0 bridgehead atoms. The zero-order chi connectivity index (χ0) is 25.1. The summed E-state index contributed by atoms with van der Waals surface area (Å²) in [7, 11) is 0. The maximum Gasteiger partial charge on any atom is 0.137 e. The third kappa shape index (κ3) is 7.54. The molecule has 0 saturated carbocycles. The fourth-order valence-electron chi connectivity index (χ4n) is 4.33. The summed E-state index contributed by atoms with van der Waals surface area (Å²) in [4.78, 5) is 1.13. The molecule has 1 unspecified atom stereocenters.